The van der Waals surface area contributed by atoms with Crippen LogP contribution in [0.15, 0.2) is 84.9 Å². The van der Waals surface area contributed by atoms with E-state index in [0.29, 0.717) is 30.6 Å². The van der Waals surface area contributed by atoms with Crippen LogP contribution >= 0.6 is 0 Å². The van der Waals surface area contributed by atoms with Crippen molar-refractivity contribution in [3.05, 3.63) is 102 Å². The van der Waals surface area contributed by atoms with Gasteiger partial charge in [-0.3, -0.25) is 4.79 Å². The van der Waals surface area contributed by atoms with Crippen molar-refractivity contribution in [2.24, 2.45) is 0 Å². The van der Waals surface area contributed by atoms with E-state index in [1.807, 2.05) is 74.5 Å². The third kappa shape index (κ3) is 7.30. The summed E-state index contributed by atoms with van der Waals surface area (Å²) in [5.41, 5.74) is 5.41. The quantitative estimate of drug-likeness (QED) is 0.169. The van der Waals surface area contributed by atoms with Crippen molar-refractivity contribution < 1.29 is 28.7 Å². The van der Waals surface area contributed by atoms with E-state index in [9.17, 15) is 19.2 Å². The fraction of sp³-hybridized carbons (Fsp3) is 0.343. The molecule has 1 saturated heterocycles. The van der Waals surface area contributed by atoms with Crippen molar-refractivity contribution in [2.45, 2.75) is 77.3 Å². The number of halogens is 1. The number of ether oxygens (including phenoxy) is 2. The number of carbonyl (C=O) groups is 1. The molecule has 0 unspecified atom stereocenters. The van der Waals surface area contributed by atoms with E-state index in [0.717, 1.165) is 28.1 Å². The van der Waals surface area contributed by atoms with E-state index >= 15 is 0 Å². The average molecular weight is 599 g/mol. The van der Waals surface area contributed by atoms with Crippen LogP contribution in [0.4, 0.5) is 10.1 Å². The smallest absolute Gasteiger partial charge is 0.427 e. The molecule has 7 nitrogen and oxygen atoms in total. The molecule has 44 heavy (non-hydrogen) atoms. The Balaban J connectivity index is 1.66. The van der Waals surface area contributed by atoms with Gasteiger partial charge in [0, 0.05) is 29.8 Å². The highest BCUT2D eigenvalue weighted by Gasteiger charge is 2.37. The van der Waals surface area contributed by atoms with Gasteiger partial charge in [0.05, 0.1) is 23.5 Å². The predicted octanol–water partition coefficient (Wildman–Crippen LogP) is 7.11. The second-order valence-corrected chi connectivity index (χ2v) is 12.1. The molecule has 1 aliphatic rings. The lowest BCUT2D eigenvalue weighted by atomic mass is 9.80. The molecule has 9 heteroatoms. The number of hydrogen-bond acceptors (Lipinski definition) is 5. The van der Waals surface area contributed by atoms with Crippen molar-refractivity contribution in [2.75, 3.05) is 5.32 Å². The number of amides is 1. The molecule has 3 aromatic carbocycles. The van der Waals surface area contributed by atoms with Crippen molar-refractivity contribution in [1.82, 2.24) is 4.57 Å². The van der Waals surface area contributed by atoms with Crippen molar-refractivity contribution in [3.63, 3.8) is 0 Å². The zero-order valence-corrected chi connectivity index (χ0v) is 25.7. The number of para-hydroxylation sites is 1. The summed E-state index contributed by atoms with van der Waals surface area (Å²) in [5.74, 6) is -1.49. The van der Waals surface area contributed by atoms with Gasteiger partial charge in [0.25, 0.3) is 5.91 Å². The molecule has 0 saturated carbocycles. The number of rotatable bonds is 10. The van der Waals surface area contributed by atoms with Crippen LogP contribution in [-0.4, -0.2) is 45.6 Å². The van der Waals surface area contributed by atoms with E-state index in [1.165, 1.54) is 12.1 Å². The van der Waals surface area contributed by atoms with E-state index in [4.69, 9.17) is 9.47 Å². The highest BCUT2D eigenvalue weighted by atomic mass is 19.1. The number of carbonyl (C=O) groups excluding carboxylic acids is 1. The summed E-state index contributed by atoms with van der Waals surface area (Å²) in [7, 11) is -1.48. The van der Waals surface area contributed by atoms with Gasteiger partial charge in [0.1, 0.15) is 5.82 Å². The summed E-state index contributed by atoms with van der Waals surface area (Å²) >= 11 is 0. The maximum Gasteiger partial charge on any atom is 0.454 e. The lowest BCUT2D eigenvalue weighted by Crippen LogP contribution is -2.46. The number of hydrogen-bond donors (Lipinski definition) is 3. The zero-order valence-electron chi connectivity index (χ0n) is 25.7. The van der Waals surface area contributed by atoms with Gasteiger partial charge in [-0.15, -0.1) is 0 Å². The van der Waals surface area contributed by atoms with Crippen LogP contribution in [0.2, 0.25) is 6.32 Å². The largest absolute Gasteiger partial charge is 0.454 e. The standard InChI is InChI=1S/C35H40BFN2O5/c1-23(2)32-31(34(40)38-27-13-9-6-10-14-27)30(24-11-7-5-8-12-24)33(25-15-17-26(37)18-16-25)39(32)20-19-28-21-29(22-36(41)42)44-35(3,4)43-28/h5-18,23,28-29,41-42H,19-22H2,1-4H3,(H,38,40)/t28-,29-/m1/s1. The van der Waals surface area contributed by atoms with Crippen LogP contribution in [0.25, 0.3) is 22.4 Å². The molecule has 0 bridgehead atoms. The van der Waals surface area contributed by atoms with Crippen LogP contribution in [0.5, 0.6) is 0 Å². The lowest BCUT2D eigenvalue weighted by molar-refractivity contribution is -0.297. The average Bonchev–Trinajstić information content (AvgIpc) is 3.32. The number of benzene rings is 3. The van der Waals surface area contributed by atoms with Crippen LogP contribution in [0.1, 0.15) is 62.5 Å². The Hall–Kier alpha value is -3.76. The summed E-state index contributed by atoms with van der Waals surface area (Å²) in [6, 6.07) is 25.6. The first-order chi connectivity index (χ1) is 21.0. The van der Waals surface area contributed by atoms with Gasteiger partial charge >= 0.3 is 7.12 Å². The fourth-order valence-corrected chi connectivity index (χ4v) is 6.26. The van der Waals surface area contributed by atoms with Gasteiger partial charge in [0.2, 0.25) is 0 Å². The number of nitrogens with zero attached hydrogens (tertiary/aromatic N) is 1. The first-order valence-electron chi connectivity index (χ1n) is 15.2. The highest BCUT2D eigenvalue weighted by molar-refractivity contribution is 6.41. The minimum Gasteiger partial charge on any atom is -0.427 e. The number of nitrogens with one attached hydrogen (secondary N) is 1. The molecule has 2 heterocycles. The molecule has 2 atom stereocenters. The van der Waals surface area contributed by atoms with Crippen molar-refractivity contribution in [1.29, 1.82) is 0 Å². The minimum absolute atomic E-state index is 0.0347. The first kappa shape index (κ1) is 31.7. The monoisotopic (exact) mass is 598 g/mol. The van der Waals surface area contributed by atoms with Crippen LogP contribution in [0.3, 0.4) is 0 Å². The second-order valence-electron chi connectivity index (χ2n) is 12.1. The molecule has 3 N–H and O–H groups in total. The van der Waals surface area contributed by atoms with Gasteiger partial charge < -0.3 is 29.4 Å². The number of aromatic nitrogens is 1. The van der Waals surface area contributed by atoms with Gasteiger partial charge in [-0.05, 0) is 80.1 Å². The topological polar surface area (TPSA) is 93.0 Å². The maximum atomic E-state index is 14.2. The van der Waals surface area contributed by atoms with E-state index in [1.54, 1.807) is 12.1 Å². The van der Waals surface area contributed by atoms with E-state index < -0.39 is 12.9 Å². The lowest BCUT2D eigenvalue weighted by Gasteiger charge is -2.41. The maximum absolute atomic E-state index is 14.2. The molecule has 0 radical (unpaired) electrons. The molecule has 5 rings (SSSR count). The third-order valence-electron chi connectivity index (χ3n) is 7.86. The predicted molar refractivity (Wildman–Crippen MR) is 172 cm³/mol. The molecule has 4 aromatic rings. The molecular formula is C35H40BFN2O5. The Morgan fingerprint density at radius 1 is 0.955 bits per heavy atom. The number of anilines is 1. The normalized spacial score (nSPS) is 17.9. The molecule has 1 fully saturated rings. The van der Waals surface area contributed by atoms with Gasteiger partial charge in [-0.1, -0.05) is 62.4 Å². The molecule has 1 amide bonds. The van der Waals surface area contributed by atoms with Crippen molar-refractivity contribution in [3.8, 4) is 22.4 Å². The molecule has 1 aromatic heterocycles. The molecule has 1 aliphatic heterocycles. The van der Waals surface area contributed by atoms with Crippen LogP contribution < -0.4 is 5.32 Å². The summed E-state index contributed by atoms with van der Waals surface area (Å²) in [6.45, 7) is 8.30. The first-order valence-corrected chi connectivity index (χ1v) is 15.2. The van der Waals surface area contributed by atoms with Crippen LogP contribution in [0, 0.1) is 5.82 Å². The van der Waals surface area contributed by atoms with Gasteiger partial charge in [-0.25, -0.2) is 4.39 Å². The molecule has 0 spiro atoms. The Morgan fingerprint density at radius 3 is 2.18 bits per heavy atom. The molecule has 230 valence electrons. The summed E-state index contributed by atoms with van der Waals surface area (Å²) in [5, 5.41) is 22.3. The molecular weight excluding hydrogens is 558 g/mol. The second kappa shape index (κ2) is 13.5. The van der Waals surface area contributed by atoms with Gasteiger partial charge in [0.15, 0.2) is 5.79 Å². The van der Waals surface area contributed by atoms with Gasteiger partial charge in [-0.2, -0.15) is 0 Å². The SMILES string of the molecule is CC(C)c1c(C(=O)Nc2ccccc2)c(-c2ccccc2)c(-c2ccc(F)cc2)n1CC[C@@H]1C[C@H](CB(O)O)OC(C)(C)O1. The minimum atomic E-state index is -1.48. The Bertz CT molecular complexity index is 1560. The zero-order chi connectivity index (χ0) is 31.4. The Morgan fingerprint density at radius 2 is 1.57 bits per heavy atom. The Labute approximate surface area is 258 Å². The summed E-state index contributed by atoms with van der Waals surface area (Å²) in [4.78, 5) is 14.2. The highest BCUT2D eigenvalue weighted by Crippen LogP contribution is 2.43. The third-order valence-corrected chi connectivity index (χ3v) is 7.86. The van der Waals surface area contributed by atoms with E-state index in [-0.39, 0.29) is 36.2 Å². The Kier molecular flexibility index (Phi) is 9.70. The van der Waals surface area contributed by atoms with Crippen molar-refractivity contribution >= 4 is 18.7 Å². The van der Waals surface area contributed by atoms with E-state index in [2.05, 4.69) is 23.7 Å². The fourth-order valence-electron chi connectivity index (χ4n) is 6.26. The summed E-state index contributed by atoms with van der Waals surface area (Å²) < 4.78 is 28.6. The summed E-state index contributed by atoms with van der Waals surface area (Å²) in [6.07, 6.45) is 0.571. The molecule has 0 aliphatic carbocycles. The van der Waals surface area contributed by atoms with Crippen LogP contribution in [-0.2, 0) is 16.0 Å².